The van der Waals surface area contributed by atoms with Crippen LogP contribution >= 0.6 is 0 Å². The van der Waals surface area contributed by atoms with Crippen LogP contribution in [0.15, 0.2) is 140 Å². The molecule has 0 saturated heterocycles. The van der Waals surface area contributed by atoms with E-state index in [1.54, 1.807) is 0 Å². The lowest BCUT2D eigenvalue weighted by Gasteiger charge is -2.32. The smallest absolute Gasteiger partial charge is 0.157 e. The highest BCUT2D eigenvalue weighted by Crippen LogP contribution is 2.36. The van der Waals surface area contributed by atoms with Crippen LogP contribution in [0.3, 0.4) is 0 Å². The molecule has 0 fully saturated rings. The summed E-state index contributed by atoms with van der Waals surface area (Å²) < 4.78 is 5.53. The summed E-state index contributed by atoms with van der Waals surface area (Å²) in [5.74, 6) is 0. The van der Waals surface area contributed by atoms with E-state index >= 15 is 0 Å². The molecule has 3 heterocycles. The maximum Gasteiger partial charge on any atom is 0.157 e. The predicted molar refractivity (Wildman–Crippen MR) is 175 cm³/mol. The predicted octanol–water partition coefficient (Wildman–Crippen LogP) is 5.25. The van der Waals surface area contributed by atoms with E-state index in [9.17, 15) is 0 Å². The van der Waals surface area contributed by atoms with Crippen LogP contribution < -0.4 is 5.32 Å². The third-order valence-electron chi connectivity index (χ3n) is 8.06. The maximum absolute atomic E-state index is 4.77. The number of rotatable bonds is 12. The van der Waals surface area contributed by atoms with Gasteiger partial charge in [0.15, 0.2) is 5.54 Å². The molecule has 0 radical (unpaired) electrons. The normalized spacial score (nSPS) is 12.3. The van der Waals surface area contributed by atoms with Crippen molar-refractivity contribution in [2.45, 2.75) is 38.1 Å². The van der Waals surface area contributed by atoms with E-state index in [-0.39, 0.29) is 6.04 Å². The summed E-state index contributed by atoms with van der Waals surface area (Å²) in [6.45, 7) is 3.83. The average Bonchev–Trinajstić information content (AvgIpc) is 3.88. The van der Waals surface area contributed by atoms with Crippen molar-refractivity contribution in [1.82, 2.24) is 50.3 Å². The molecular weight excluding hydrogens is 572 g/mol. The third-order valence-corrected chi connectivity index (χ3v) is 8.06. The minimum atomic E-state index is -1.13. The van der Waals surface area contributed by atoms with Crippen LogP contribution in [-0.2, 0) is 25.2 Å². The second kappa shape index (κ2) is 13.1. The van der Waals surface area contributed by atoms with Gasteiger partial charge in [0.2, 0.25) is 0 Å². The molecule has 0 aliphatic heterocycles. The standard InChI is InChI=1S/C36H34N10/c1-28(32-20-12-5-13-21-32)37-36(33-25-44(41-38-33)22-29-14-6-2-7-15-29,34-26-45(42-39-34)23-30-16-8-3-9-17-30)35-27-46(43-40-35)24-31-18-10-4-11-19-31/h2-21,25-28,37H,22-24H2,1H3/t28-/m1/s1. The summed E-state index contributed by atoms with van der Waals surface area (Å²) in [6.07, 6.45) is 5.89. The van der Waals surface area contributed by atoms with E-state index < -0.39 is 5.54 Å². The van der Waals surface area contributed by atoms with Gasteiger partial charge >= 0.3 is 0 Å². The first-order valence-corrected chi connectivity index (χ1v) is 15.3. The number of aromatic nitrogens is 9. The van der Waals surface area contributed by atoms with Gasteiger partial charge in [0, 0.05) is 6.04 Å². The van der Waals surface area contributed by atoms with Gasteiger partial charge in [-0.05, 0) is 29.2 Å². The molecule has 3 aromatic heterocycles. The Hall–Kier alpha value is -5.74. The molecule has 0 bridgehead atoms. The van der Waals surface area contributed by atoms with Crippen LogP contribution in [0.25, 0.3) is 0 Å². The topological polar surface area (TPSA) is 104 Å². The molecule has 10 nitrogen and oxygen atoms in total. The lowest BCUT2D eigenvalue weighted by Crippen LogP contribution is -2.47. The molecule has 1 N–H and O–H groups in total. The van der Waals surface area contributed by atoms with Gasteiger partial charge in [-0.2, -0.15) is 0 Å². The summed E-state index contributed by atoms with van der Waals surface area (Å²) in [5.41, 5.74) is 5.28. The van der Waals surface area contributed by atoms with Gasteiger partial charge < -0.3 is 0 Å². The van der Waals surface area contributed by atoms with Crippen molar-refractivity contribution in [3.63, 3.8) is 0 Å². The SMILES string of the molecule is C[C@@H](NC(c1cn(Cc2ccccc2)nn1)(c1cn(Cc2ccccc2)nn1)c1cn(Cc2ccccc2)nn1)c1ccccc1. The Balaban J connectivity index is 1.35. The van der Waals surface area contributed by atoms with Gasteiger partial charge in [0.1, 0.15) is 17.1 Å². The zero-order chi connectivity index (χ0) is 31.2. The molecule has 0 amide bonds. The lowest BCUT2D eigenvalue weighted by atomic mass is 9.86. The Morgan fingerprint density at radius 1 is 0.500 bits per heavy atom. The maximum atomic E-state index is 4.77. The molecule has 7 rings (SSSR count). The second-order valence-electron chi connectivity index (χ2n) is 11.4. The summed E-state index contributed by atoms with van der Waals surface area (Å²) in [5, 5.41) is 31.9. The van der Waals surface area contributed by atoms with Crippen molar-refractivity contribution in [2.75, 3.05) is 0 Å². The average molecular weight is 607 g/mol. The Labute approximate surface area is 267 Å². The highest BCUT2D eigenvalue weighted by Gasteiger charge is 2.45. The number of nitrogens with zero attached hydrogens (tertiary/aromatic N) is 9. The Bertz CT molecular complexity index is 1770. The van der Waals surface area contributed by atoms with Gasteiger partial charge in [-0.25, -0.2) is 14.0 Å². The van der Waals surface area contributed by atoms with Gasteiger partial charge in [-0.1, -0.05) is 137 Å². The van der Waals surface area contributed by atoms with Gasteiger partial charge in [-0.15, -0.1) is 15.3 Å². The molecule has 4 aromatic carbocycles. The quantitative estimate of drug-likeness (QED) is 0.203. The molecular formula is C36H34N10. The van der Waals surface area contributed by atoms with E-state index in [2.05, 4.69) is 76.4 Å². The molecule has 7 aromatic rings. The highest BCUT2D eigenvalue weighted by molar-refractivity contribution is 5.40. The minimum absolute atomic E-state index is 0.126. The summed E-state index contributed by atoms with van der Waals surface area (Å²) >= 11 is 0. The molecule has 0 aliphatic carbocycles. The van der Waals surface area contributed by atoms with Crippen LogP contribution in [0, 0.1) is 0 Å². The largest absolute Gasteiger partial charge is 0.289 e. The van der Waals surface area contributed by atoms with Crippen molar-refractivity contribution in [3.05, 3.63) is 179 Å². The molecule has 0 aliphatic rings. The zero-order valence-electron chi connectivity index (χ0n) is 25.5. The van der Waals surface area contributed by atoms with E-state index in [4.69, 9.17) is 15.3 Å². The van der Waals surface area contributed by atoms with Crippen LogP contribution in [0.2, 0.25) is 0 Å². The van der Waals surface area contributed by atoms with Crippen molar-refractivity contribution in [3.8, 4) is 0 Å². The Morgan fingerprint density at radius 3 is 1.17 bits per heavy atom. The fourth-order valence-electron chi connectivity index (χ4n) is 5.72. The molecule has 0 saturated carbocycles. The van der Waals surface area contributed by atoms with Crippen LogP contribution in [-0.4, -0.2) is 45.0 Å². The van der Waals surface area contributed by atoms with Crippen LogP contribution in [0.4, 0.5) is 0 Å². The molecule has 228 valence electrons. The van der Waals surface area contributed by atoms with E-state index in [1.807, 2.05) is 105 Å². The molecule has 0 spiro atoms. The fourth-order valence-corrected chi connectivity index (χ4v) is 5.72. The molecule has 46 heavy (non-hydrogen) atoms. The minimum Gasteiger partial charge on any atom is -0.289 e. The van der Waals surface area contributed by atoms with E-state index in [0.29, 0.717) is 36.7 Å². The zero-order valence-corrected chi connectivity index (χ0v) is 25.5. The van der Waals surface area contributed by atoms with Crippen molar-refractivity contribution < 1.29 is 0 Å². The van der Waals surface area contributed by atoms with Gasteiger partial charge in [-0.3, -0.25) is 5.32 Å². The Kier molecular flexibility index (Phi) is 8.25. The second-order valence-corrected chi connectivity index (χ2v) is 11.4. The number of hydrogen-bond acceptors (Lipinski definition) is 7. The first-order chi connectivity index (χ1) is 22.7. The summed E-state index contributed by atoms with van der Waals surface area (Å²) in [6, 6.07) is 40.8. The molecule has 0 unspecified atom stereocenters. The molecule has 10 heteroatoms. The monoisotopic (exact) mass is 606 g/mol. The first kappa shape index (κ1) is 29.0. The lowest BCUT2D eigenvalue weighted by molar-refractivity contribution is 0.387. The first-order valence-electron chi connectivity index (χ1n) is 15.3. The number of hydrogen-bond donors (Lipinski definition) is 1. The van der Waals surface area contributed by atoms with Crippen molar-refractivity contribution in [1.29, 1.82) is 0 Å². The highest BCUT2D eigenvalue weighted by atomic mass is 15.5. The number of benzene rings is 4. The fraction of sp³-hybridized carbons (Fsp3) is 0.167. The van der Waals surface area contributed by atoms with E-state index in [0.717, 1.165) is 22.3 Å². The summed E-state index contributed by atoms with van der Waals surface area (Å²) in [7, 11) is 0. The molecule has 1 atom stereocenters. The van der Waals surface area contributed by atoms with Gasteiger partial charge in [0.05, 0.1) is 38.2 Å². The van der Waals surface area contributed by atoms with Crippen LogP contribution in [0.1, 0.15) is 52.3 Å². The van der Waals surface area contributed by atoms with Crippen LogP contribution in [0.5, 0.6) is 0 Å². The van der Waals surface area contributed by atoms with Crippen molar-refractivity contribution in [2.24, 2.45) is 0 Å². The van der Waals surface area contributed by atoms with Crippen molar-refractivity contribution >= 4 is 0 Å². The Morgan fingerprint density at radius 2 is 0.826 bits per heavy atom. The summed E-state index contributed by atoms with van der Waals surface area (Å²) in [4.78, 5) is 0. The number of nitrogens with one attached hydrogen (secondary N) is 1. The van der Waals surface area contributed by atoms with Gasteiger partial charge in [0.25, 0.3) is 0 Å². The van der Waals surface area contributed by atoms with E-state index in [1.165, 1.54) is 0 Å². The third kappa shape index (κ3) is 6.24.